The molecule has 0 saturated heterocycles. The molecule has 0 spiro atoms. The lowest BCUT2D eigenvalue weighted by atomic mass is 10.3. The van der Waals surface area contributed by atoms with Gasteiger partial charge in [0.05, 0.1) is 22.6 Å². The lowest BCUT2D eigenvalue weighted by molar-refractivity contribution is 0.103. The Morgan fingerprint density at radius 1 is 1.50 bits per heavy atom. The summed E-state index contributed by atoms with van der Waals surface area (Å²) in [4.78, 5) is 16.1. The summed E-state index contributed by atoms with van der Waals surface area (Å²) < 4.78 is 0. The summed E-state index contributed by atoms with van der Waals surface area (Å²) in [6.07, 6.45) is 3.04. The highest BCUT2D eigenvalue weighted by Gasteiger charge is 2.12. The first-order valence-electron chi connectivity index (χ1n) is 4.42. The molecule has 4 nitrogen and oxygen atoms in total. The molecule has 2 aromatic heterocycles. The second-order valence-electron chi connectivity index (χ2n) is 3.01. The number of thiophene rings is 1. The Bertz CT molecular complexity index is 526. The van der Waals surface area contributed by atoms with E-state index >= 15 is 0 Å². The summed E-state index contributed by atoms with van der Waals surface area (Å²) in [5.41, 5.74) is 6.57. The van der Waals surface area contributed by atoms with Crippen molar-refractivity contribution >= 4 is 40.2 Å². The molecule has 82 valence electrons. The highest BCUT2D eigenvalue weighted by Crippen LogP contribution is 2.23. The maximum Gasteiger partial charge on any atom is 0.267 e. The predicted octanol–water partition coefficient (Wildman–Crippen LogP) is 2.63. The van der Waals surface area contributed by atoms with Gasteiger partial charge in [-0.05, 0) is 17.5 Å². The molecule has 16 heavy (non-hydrogen) atoms. The van der Waals surface area contributed by atoms with Crippen LogP contribution in [-0.2, 0) is 0 Å². The maximum atomic E-state index is 11.8. The van der Waals surface area contributed by atoms with E-state index in [1.54, 1.807) is 23.7 Å². The summed E-state index contributed by atoms with van der Waals surface area (Å²) in [6, 6.07) is 3.29. The van der Waals surface area contributed by atoms with Crippen molar-refractivity contribution < 1.29 is 4.79 Å². The van der Waals surface area contributed by atoms with Crippen LogP contribution >= 0.6 is 22.9 Å². The minimum absolute atomic E-state index is 0.276. The Balaban J connectivity index is 2.21. The average Bonchev–Trinajstić information content (AvgIpc) is 2.68. The normalized spacial score (nSPS) is 10.1. The molecule has 0 radical (unpaired) electrons. The first-order chi connectivity index (χ1) is 7.68. The summed E-state index contributed by atoms with van der Waals surface area (Å²) in [5.74, 6) is -0.276. The number of halogens is 1. The third kappa shape index (κ3) is 2.15. The molecule has 6 heteroatoms. The Kier molecular flexibility index (Phi) is 3.07. The molecule has 0 aliphatic heterocycles. The second kappa shape index (κ2) is 4.51. The average molecular weight is 254 g/mol. The minimum Gasteiger partial charge on any atom is -0.397 e. The van der Waals surface area contributed by atoms with Gasteiger partial charge in [-0.25, -0.2) is 0 Å². The van der Waals surface area contributed by atoms with Crippen molar-refractivity contribution in [2.75, 3.05) is 11.1 Å². The number of anilines is 2. The third-order valence-electron chi connectivity index (χ3n) is 1.92. The van der Waals surface area contributed by atoms with E-state index < -0.39 is 0 Å². The van der Waals surface area contributed by atoms with Gasteiger partial charge in [-0.1, -0.05) is 11.6 Å². The van der Waals surface area contributed by atoms with E-state index in [0.29, 0.717) is 21.3 Å². The number of aromatic nitrogens is 1. The quantitative estimate of drug-likeness (QED) is 0.865. The number of nitrogens with zero attached hydrogens (tertiary/aromatic N) is 1. The molecule has 0 aliphatic carbocycles. The predicted molar refractivity (Wildman–Crippen MR) is 65.9 cm³/mol. The van der Waals surface area contributed by atoms with E-state index in [9.17, 15) is 4.79 Å². The van der Waals surface area contributed by atoms with Crippen LogP contribution in [0.2, 0.25) is 5.02 Å². The van der Waals surface area contributed by atoms with Gasteiger partial charge in [0.25, 0.3) is 5.91 Å². The summed E-state index contributed by atoms with van der Waals surface area (Å²) in [7, 11) is 0. The van der Waals surface area contributed by atoms with E-state index in [1.165, 1.54) is 17.5 Å². The van der Waals surface area contributed by atoms with Gasteiger partial charge >= 0.3 is 0 Å². The van der Waals surface area contributed by atoms with E-state index in [2.05, 4.69) is 10.3 Å². The molecular weight excluding hydrogens is 246 g/mol. The largest absolute Gasteiger partial charge is 0.397 e. The molecule has 0 unspecified atom stereocenters. The van der Waals surface area contributed by atoms with Crippen LogP contribution in [0.3, 0.4) is 0 Å². The Morgan fingerprint density at radius 3 is 2.94 bits per heavy atom. The number of hydrogen-bond donors (Lipinski definition) is 2. The highest BCUT2D eigenvalue weighted by molar-refractivity contribution is 7.12. The van der Waals surface area contributed by atoms with Crippen LogP contribution < -0.4 is 11.1 Å². The van der Waals surface area contributed by atoms with E-state index in [4.69, 9.17) is 17.3 Å². The summed E-state index contributed by atoms with van der Waals surface area (Å²) in [6.45, 7) is 0. The standard InChI is InChI=1S/C10H8ClN3OS/c11-6-1-3-13-5-8(6)14-10(15)9-7(12)2-4-16-9/h1-5H,12H2,(H,14,15). The van der Waals surface area contributed by atoms with Gasteiger partial charge in [-0.15, -0.1) is 11.3 Å². The zero-order chi connectivity index (χ0) is 11.5. The number of nitrogen functional groups attached to an aromatic ring is 1. The number of carbonyl (C=O) groups excluding carboxylic acids is 1. The van der Waals surface area contributed by atoms with Crippen LogP contribution in [0.15, 0.2) is 29.9 Å². The first-order valence-corrected chi connectivity index (χ1v) is 5.68. The van der Waals surface area contributed by atoms with Crippen molar-refractivity contribution in [1.82, 2.24) is 4.98 Å². The van der Waals surface area contributed by atoms with Crippen LogP contribution in [0.5, 0.6) is 0 Å². The SMILES string of the molecule is Nc1ccsc1C(=O)Nc1cnccc1Cl. The van der Waals surface area contributed by atoms with Gasteiger partial charge in [-0.2, -0.15) is 0 Å². The number of pyridine rings is 1. The molecule has 0 fully saturated rings. The van der Waals surface area contributed by atoms with Gasteiger partial charge in [-0.3, -0.25) is 9.78 Å². The molecule has 0 saturated carbocycles. The summed E-state index contributed by atoms with van der Waals surface area (Å²) >= 11 is 7.17. The number of carbonyl (C=O) groups is 1. The van der Waals surface area contributed by atoms with Gasteiger partial charge in [0, 0.05) is 6.20 Å². The maximum absolute atomic E-state index is 11.8. The van der Waals surface area contributed by atoms with Crippen molar-refractivity contribution in [2.45, 2.75) is 0 Å². The minimum atomic E-state index is -0.276. The Labute approximate surface area is 101 Å². The van der Waals surface area contributed by atoms with E-state index in [-0.39, 0.29) is 5.91 Å². The molecule has 0 atom stereocenters. The van der Waals surface area contributed by atoms with Crippen molar-refractivity contribution in [2.24, 2.45) is 0 Å². The number of nitrogens with one attached hydrogen (secondary N) is 1. The smallest absolute Gasteiger partial charge is 0.267 e. The fraction of sp³-hybridized carbons (Fsp3) is 0. The molecule has 2 aromatic rings. The van der Waals surface area contributed by atoms with Crippen LogP contribution in [0.4, 0.5) is 11.4 Å². The topological polar surface area (TPSA) is 68.0 Å². The van der Waals surface area contributed by atoms with Gasteiger partial charge in [0.15, 0.2) is 0 Å². The van der Waals surface area contributed by atoms with Crippen molar-refractivity contribution in [3.05, 3.63) is 39.8 Å². The first kappa shape index (κ1) is 10.9. The molecule has 2 heterocycles. The second-order valence-corrected chi connectivity index (χ2v) is 4.34. The highest BCUT2D eigenvalue weighted by atomic mass is 35.5. The molecule has 1 amide bonds. The number of nitrogens with two attached hydrogens (primary N) is 1. The van der Waals surface area contributed by atoms with E-state index in [1.807, 2.05) is 0 Å². The molecule has 3 N–H and O–H groups in total. The van der Waals surface area contributed by atoms with Crippen molar-refractivity contribution in [3.8, 4) is 0 Å². The Morgan fingerprint density at radius 2 is 2.31 bits per heavy atom. The molecule has 0 aliphatic rings. The Hall–Kier alpha value is -1.59. The summed E-state index contributed by atoms with van der Waals surface area (Å²) in [5, 5.41) is 4.85. The van der Waals surface area contributed by atoms with Gasteiger partial charge < -0.3 is 11.1 Å². The number of amides is 1. The molecule has 2 rings (SSSR count). The number of rotatable bonds is 2. The molecular formula is C10H8ClN3OS. The molecule has 0 bridgehead atoms. The van der Waals surface area contributed by atoms with Gasteiger partial charge in [0.2, 0.25) is 0 Å². The number of hydrogen-bond acceptors (Lipinski definition) is 4. The zero-order valence-electron chi connectivity index (χ0n) is 8.11. The van der Waals surface area contributed by atoms with Crippen LogP contribution in [-0.4, -0.2) is 10.9 Å². The monoisotopic (exact) mass is 253 g/mol. The lowest BCUT2D eigenvalue weighted by Crippen LogP contribution is -2.12. The van der Waals surface area contributed by atoms with E-state index in [0.717, 1.165) is 0 Å². The third-order valence-corrected chi connectivity index (χ3v) is 3.18. The lowest BCUT2D eigenvalue weighted by Gasteiger charge is -2.05. The fourth-order valence-electron chi connectivity index (χ4n) is 1.15. The van der Waals surface area contributed by atoms with Crippen LogP contribution in [0.25, 0.3) is 0 Å². The fourth-order valence-corrected chi connectivity index (χ4v) is 2.02. The zero-order valence-corrected chi connectivity index (χ0v) is 9.68. The molecule has 0 aromatic carbocycles. The van der Waals surface area contributed by atoms with Crippen molar-refractivity contribution in [3.63, 3.8) is 0 Å². The van der Waals surface area contributed by atoms with Crippen LogP contribution in [0.1, 0.15) is 9.67 Å². The van der Waals surface area contributed by atoms with Crippen molar-refractivity contribution in [1.29, 1.82) is 0 Å². The van der Waals surface area contributed by atoms with Crippen LogP contribution in [0, 0.1) is 0 Å². The van der Waals surface area contributed by atoms with Gasteiger partial charge in [0.1, 0.15) is 4.88 Å².